The SMILES string of the molecule is COCC(C)(NC(=O)OCC1c2ccccc2-c2ccccc21)C(=O)Nc1cn(C)nc1C(=O)O. The van der Waals surface area contributed by atoms with Gasteiger partial charge in [0.25, 0.3) is 5.91 Å². The number of nitrogens with one attached hydrogen (secondary N) is 2. The minimum atomic E-state index is -1.54. The highest BCUT2D eigenvalue weighted by molar-refractivity contribution is 6.03. The molecule has 1 aliphatic rings. The molecule has 0 fully saturated rings. The Bertz CT molecular complexity index is 1240. The monoisotopic (exact) mass is 478 g/mol. The molecule has 0 bridgehead atoms. The third-order valence-corrected chi connectivity index (χ3v) is 5.94. The number of aryl methyl sites for hydroxylation is 1. The Balaban J connectivity index is 1.47. The number of carbonyl (C=O) groups is 3. The lowest BCUT2D eigenvalue weighted by Gasteiger charge is -2.28. The summed E-state index contributed by atoms with van der Waals surface area (Å²) in [4.78, 5) is 37.2. The summed E-state index contributed by atoms with van der Waals surface area (Å²) in [6.07, 6.45) is 0.563. The van der Waals surface area contributed by atoms with Crippen molar-refractivity contribution in [1.82, 2.24) is 15.1 Å². The number of hydrogen-bond acceptors (Lipinski definition) is 6. The van der Waals surface area contributed by atoms with Gasteiger partial charge in [0.15, 0.2) is 5.69 Å². The van der Waals surface area contributed by atoms with Crippen LogP contribution >= 0.6 is 0 Å². The number of anilines is 1. The summed E-state index contributed by atoms with van der Waals surface area (Å²) in [7, 11) is 2.92. The number of fused-ring (bicyclic) bond motifs is 3. The van der Waals surface area contributed by atoms with E-state index in [0.29, 0.717) is 0 Å². The number of amides is 2. The molecule has 0 saturated heterocycles. The van der Waals surface area contributed by atoms with Crippen molar-refractivity contribution in [3.63, 3.8) is 0 Å². The van der Waals surface area contributed by atoms with Crippen molar-refractivity contribution >= 4 is 23.7 Å². The van der Waals surface area contributed by atoms with Crippen molar-refractivity contribution in [2.75, 3.05) is 25.6 Å². The van der Waals surface area contributed by atoms with Crippen LogP contribution in [-0.4, -0.2) is 58.7 Å². The third kappa shape index (κ3) is 4.73. The highest BCUT2D eigenvalue weighted by Crippen LogP contribution is 2.44. The minimum Gasteiger partial charge on any atom is -0.476 e. The number of carboxylic acid groups (broad SMARTS) is 1. The van der Waals surface area contributed by atoms with E-state index < -0.39 is 23.5 Å². The standard InChI is InChI=1S/C25H26N4O6/c1-25(14-34-3,23(32)26-20-12-29(2)28-21(20)22(30)31)27-24(33)35-13-19-17-10-6-4-8-15(17)16-9-5-7-11-18(16)19/h4-12,19H,13-14H2,1-3H3,(H,26,32)(H,27,33)(H,30,31). The fraction of sp³-hybridized carbons (Fsp3) is 0.280. The molecule has 3 aromatic rings. The average molecular weight is 479 g/mol. The zero-order valence-electron chi connectivity index (χ0n) is 19.6. The maximum absolute atomic E-state index is 13.0. The summed E-state index contributed by atoms with van der Waals surface area (Å²) in [5, 5.41) is 18.2. The van der Waals surface area contributed by atoms with Crippen molar-refractivity contribution in [2.24, 2.45) is 7.05 Å². The molecule has 0 radical (unpaired) electrons. The number of alkyl carbamates (subject to hydrolysis) is 1. The number of carbonyl (C=O) groups excluding carboxylic acids is 2. The number of benzene rings is 2. The van der Waals surface area contributed by atoms with Gasteiger partial charge in [-0.1, -0.05) is 48.5 Å². The summed E-state index contributed by atoms with van der Waals surface area (Å²) in [6, 6.07) is 15.9. The van der Waals surface area contributed by atoms with Crippen LogP contribution in [0.4, 0.5) is 10.5 Å². The quantitative estimate of drug-likeness (QED) is 0.453. The molecule has 182 valence electrons. The minimum absolute atomic E-state index is 0.00154. The number of nitrogens with zero attached hydrogens (tertiary/aromatic N) is 2. The zero-order valence-corrected chi connectivity index (χ0v) is 19.6. The van der Waals surface area contributed by atoms with Crippen LogP contribution in [0.1, 0.15) is 34.5 Å². The molecule has 2 amide bonds. The number of carboxylic acids is 1. The number of rotatable bonds is 8. The first-order valence-electron chi connectivity index (χ1n) is 10.9. The Morgan fingerprint density at radius 2 is 1.69 bits per heavy atom. The maximum atomic E-state index is 13.0. The Morgan fingerprint density at radius 1 is 1.09 bits per heavy atom. The fourth-order valence-electron chi connectivity index (χ4n) is 4.30. The van der Waals surface area contributed by atoms with E-state index in [1.54, 1.807) is 0 Å². The Morgan fingerprint density at radius 3 is 2.26 bits per heavy atom. The fourth-order valence-corrected chi connectivity index (χ4v) is 4.30. The van der Waals surface area contributed by atoms with Gasteiger partial charge in [-0.2, -0.15) is 5.10 Å². The Labute approximate surface area is 201 Å². The van der Waals surface area contributed by atoms with E-state index in [-0.39, 0.29) is 30.5 Å². The number of aromatic carboxylic acids is 1. The van der Waals surface area contributed by atoms with Crippen molar-refractivity contribution in [1.29, 1.82) is 0 Å². The van der Waals surface area contributed by atoms with Crippen molar-refractivity contribution in [2.45, 2.75) is 18.4 Å². The van der Waals surface area contributed by atoms with E-state index >= 15 is 0 Å². The van der Waals surface area contributed by atoms with E-state index in [1.807, 2.05) is 48.5 Å². The second kappa shape index (κ2) is 9.59. The van der Waals surface area contributed by atoms with Gasteiger partial charge in [-0.05, 0) is 29.2 Å². The molecule has 1 aliphatic carbocycles. The normalized spacial score (nSPS) is 13.9. The van der Waals surface area contributed by atoms with Gasteiger partial charge >= 0.3 is 12.1 Å². The molecular formula is C25H26N4O6. The van der Waals surface area contributed by atoms with E-state index in [1.165, 1.54) is 32.0 Å². The number of ether oxygens (including phenoxy) is 2. The second-order valence-electron chi connectivity index (χ2n) is 8.54. The van der Waals surface area contributed by atoms with Crippen molar-refractivity contribution in [3.8, 4) is 11.1 Å². The number of methoxy groups -OCH3 is 1. The topological polar surface area (TPSA) is 132 Å². The lowest BCUT2D eigenvalue weighted by atomic mass is 9.98. The van der Waals surface area contributed by atoms with Gasteiger partial charge in [0.1, 0.15) is 12.1 Å². The van der Waals surface area contributed by atoms with Crippen LogP contribution in [0.3, 0.4) is 0 Å². The molecule has 35 heavy (non-hydrogen) atoms. The first-order chi connectivity index (χ1) is 16.7. The number of hydrogen-bond donors (Lipinski definition) is 3. The second-order valence-corrected chi connectivity index (χ2v) is 8.54. The average Bonchev–Trinajstić information content (AvgIpc) is 3.35. The predicted octanol–water partition coefficient (Wildman–Crippen LogP) is 3.00. The zero-order chi connectivity index (χ0) is 25.2. The summed E-state index contributed by atoms with van der Waals surface area (Å²) in [6.45, 7) is 1.37. The largest absolute Gasteiger partial charge is 0.476 e. The van der Waals surface area contributed by atoms with Crippen LogP contribution in [0.5, 0.6) is 0 Å². The lowest BCUT2D eigenvalue weighted by Crippen LogP contribution is -2.57. The van der Waals surface area contributed by atoms with Crippen LogP contribution in [0.2, 0.25) is 0 Å². The Kier molecular flexibility index (Phi) is 6.57. The van der Waals surface area contributed by atoms with E-state index in [2.05, 4.69) is 15.7 Å². The molecule has 0 aliphatic heterocycles. The molecule has 1 atom stereocenters. The highest BCUT2D eigenvalue weighted by Gasteiger charge is 2.37. The van der Waals surface area contributed by atoms with E-state index in [9.17, 15) is 19.5 Å². The summed E-state index contributed by atoms with van der Waals surface area (Å²) >= 11 is 0. The van der Waals surface area contributed by atoms with Gasteiger partial charge in [0.2, 0.25) is 0 Å². The maximum Gasteiger partial charge on any atom is 0.408 e. The first-order valence-corrected chi connectivity index (χ1v) is 10.9. The molecule has 2 aromatic carbocycles. The highest BCUT2D eigenvalue weighted by atomic mass is 16.5. The Hall–Kier alpha value is -4.18. The lowest BCUT2D eigenvalue weighted by molar-refractivity contribution is -0.123. The van der Waals surface area contributed by atoms with Crippen LogP contribution in [0.15, 0.2) is 54.7 Å². The molecule has 10 heteroatoms. The molecular weight excluding hydrogens is 452 g/mol. The van der Waals surface area contributed by atoms with E-state index in [4.69, 9.17) is 9.47 Å². The molecule has 10 nitrogen and oxygen atoms in total. The molecule has 1 aromatic heterocycles. The van der Waals surface area contributed by atoms with Gasteiger partial charge in [-0.25, -0.2) is 9.59 Å². The molecule has 0 saturated carbocycles. The van der Waals surface area contributed by atoms with Gasteiger partial charge in [0, 0.05) is 26.3 Å². The number of aromatic nitrogens is 2. The smallest absolute Gasteiger partial charge is 0.408 e. The first kappa shape index (κ1) is 24.0. The predicted molar refractivity (Wildman–Crippen MR) is 127 cm³/mol. The molecule has 0 spiro atoms. The summed E-state index contributed by atoms with van der Waals surface area (Å²) in [5.74, 6) is -2.11. The van der Waals surface area contributed by atoms with Gasteiger partial charge in [-0.3, -0.25) is 9.48 Å². The molecule has 1 heterocycles. The van der Waals surface area contributed by atoms with E-state index in [0.717, 1.165) is 22.3 Å². The third-order valence-electron chi connectivity index (χ3n) is 5.94. The summed E-state index contributed by atoms with van der Waals surface area (Å²) < 4.78 is 12.0. The van der Waals surface area contributed by atoms with Crippen LogP contribution in [0, 0.1) is 0 Å². The van der Waals surface area contributed by atoms with Crippen molar-refractivity contribution < 1.29 is 29.0 Å². The van der Waals surface area contributed by atoms with Crippen molar-refractivity contribution in [3.05, 3.63) is 71.5 Å². The van der Waals surface area contributed by atoms with Crippen LogP contribution in [0.25, 0.3) is 11.1 Å². The molecule has 4 rings (SSSR count). The molecule has 3 N–H and O–H groups in total. The van der Waals surface area contributed by atoms with Gasteiger partial charge in [-0.15, -0.1) is 0 Å². The van der Waals surface area contributed by atoms with Crippen LogP contribution in [-0.2, 0) is 21.3 Å². The van der Waals surface area contributed by atoms with Crippen LogP contribution < -0.4 is 10.6 Å². The summed E-state index contributed by atoms with van der Waals surface area (Å²) in [5.41, 5.74) is 2.48. The van der Waals surface area contributed by atoms with Gasteiger partial charge < -0.3 is 25.2 Å². The van der Waals surface area contributed by atoms with Gasteiger partial charge in [0.05, 0.1) is 12.3 Å². The molecule has 1 unspecified atom stereocenters.